The molecule has 0 bridgehead atoms. The third-order valence-corrected chi connectivity index (χ3v) is 3.55. The van der Waals surface area contributed by atoms with E-state index in [4.69, 9.17) is 0 Å². The molecular weight excluding hydrogens is 339 g/mol. The first-order chi connectivity index (χ1) is 9.35. The van der Waals surface area contributed by atoms with E-state index in [1.807, 2.05) is 0 Å². The quantitative estimate of drug-likeness (QED) is 0.833. The van der Waals surface area contributed by atoms with Gasteiger partial charge in [0.1, 0.15) is 5.75 Å². The second-order valence-electron chi connectivity index (χ2n) is 4.56. The van der Waals surface area contributed by atoms with Gasteiger partial charge in [0.2, 0.25) is 5.91 Å². The van der Waals surface area contributed by atoms with Gasteiger partial charge in [0.25, 0.3) is 0 Å². The molecule has 7 heteroatoms. The summed E-state index contributed by atoms with van der Waals surface area (Å²) in [7, 11) is 0. The lowest BCUT2D eigenvalue weighted by Gasteiger charge is -2.17. The minimum Gasteiger partial charge on any atom is -0.405 e. The van der Waals surface area contributed by atoms with Gasteiger partial charge < -0.3 is 9.64 Å². The van der Waals surface area contributed by atoms with Crippen LogP contribution in [0.3, 0.4) is 0 Å². The molecule has 0 N–H and O–H groups in total. The fraction of sp³-hybridized carbons (Fsp3) is 0.462. The predicted molar refractivity (Wildman–Crippen MR) is 70.3 cm³/mol. The van der Waals surface area contributed by atoms with Crippen LogP contribution < -0.4 is 4.74 Å². The zero-order valence-corrected chi connectivity index (χ0v) is 12.1. The third-order valence-electron chi connectivity index (χ3n) is 3.06. The first kappa shape index (κ1) is 15.2. The van der Waals surface area contributed by atoms with Gasteiger partial charge in [-0.25, -0.2) is 0 Å². The average molecular weight is 352 g/mol. The van der Waals surface area contributed by atoms with Crippen LogP contribution >= 0.6 is 15.9 Å². The van der Waals surface area contributed by atoms with E-state index in [0.29, 0.717) is 17.6 Å². The summed E-state index contributed by atoms with van der Waals surface area (Å²) >= 11 is 3.09. The molecule has 2 rings (SSSR count). The van der Waals surface area contributed by atoms with Gasteiger partial charge in [-0.3, -0.25) is 4.79 Å². The van der Waals surface area contributed by atoms with Gasteiger partial charge in [0.05, 0.1) is 6.42 Å². The van der Waals surface area contributed by atoms with Gasteiger partial charge in [-0.05, 0) is 25.0 Å². The van der Waals surface area contributed by atoms with E-state index in [1.54, 1.807) is 11.0 Å². The van der Waals surface area contributed by atoms with Crippen molar-refractivity contribution in [2.75, 3.05) is 13.1 Å². The van der Waals surface area contributed by atoms with E-state index in [-0.39, 0.29) is 23.6 Å². The van der Waals surface area contributed by atoms with Crippen LogP contribution in [0.2, 0.25) is 0 Å². The van der Waals surface area contributed by atoms with E-state index >= 15 is 0 Å². The Labute approximate surface area is 122 Å². The fourth-order valence-electron chi connectivity index (χ4n) is 2.14. The maximum Gasteiger partial charge on any atom is 0.573 e. The second kappa shape index (κ2) is 6.03. The Kier molecular flexibility index (Phi) is 4.57. The van der Waals surface area contributed by atoms with Gasteiger partial charge in [0.15, 0.2) is 0 Å². The molecule has 0 unspecified atom stereocenters. The number of rotatable bonds is 3. The van der Waals surface area contributed by atoms with Crippen molar-refractivity contribution in [1.82, 2.24) is 4.90 Å². The number of carbonyl (C=O) groups is 1. The van der Waals surface area contributed by atoms with Gasteiger partial charge in [-0.2, -0.15) is 0 Å². The van der Waals surface area contributed by atoms with Gasteiger partial charge >= 0.3 is 6.36 Å². The Hall–Kier alpha value is -1.24. The Balaban J connectivity index is 2.15. The normalized spacial score (nSPS) is 15.5. The van der Waals surface area contributed by atoms with Gasteiger partial charge in [-0.1, -0.05) is 22.0 Å². The highest BCUT2D eigenvalue weighted by atomic mass is 79.9. The van der Waals surface area contributed by atoms with Crippen molar-refractivity contribution >= 4 is 21.8 Å². The van der Waals surface area contributed by atoms with Crippen LogP contribution in [-0.4, -0.2) is 30.3 Å². The summed E-state index contributed by atoms with van der Waals surface area (Å²) in [5.74, 6) is -0.503. The first-order valence-electron chi connectivity index (χ1n) is 6.17. The second-order valence-corrected chi connectivity index (χ2v) is 5.48. The highest BCUT2D eigenvalue weighted by Gasteiger charge is 2.32. The van der Waals surface area contributed by atoms with Crippen LogP contribution in [0.25, 0.3) is 0 Å². The van der Waals surface area contributed by atoms with E-state index in [0.717, 1.165) is 12.8 Å². The molecule has 0 aromatic heterocycles. The zero-order valence-electron chi connectivity index (χ0n) is 10.5. The van der Waals surface area contributed by atoms with Crippen LogP contribution in [0.1, 0.15) is 18.4 Å². The Bertz CT molecular complexity index is 499. The molecule has 1 aliphatic rings. The van der Waals surface area contributed by atoms with Crippen molar-refractivity contribution in [2.24, 2.45) is 0 Å². The molecule has 1 saturated heterocycles. The fourth-order valence-corrected chi connectivity index (χ4v) is 2.48. The maximum atomic E-state index is 12.4. The summed E-state index contributed by atoms with van der Waals surface area (Å²) in [5, 5.41) is 0. The smallest absolute Gasteiger partial charge is 0.405 e. The molecule has 110 valence electrons. The minimum absolute atomic E-state index is 0.0846. The van der Waals surface area contributed by atoms with E-state index in [9.17, 15) is 18.0 Å². The Morgan fingerprint density at radius 2 is 1.95 bits per heavy atom. The van der Waals surface area contributed by atoms with Crippen molar-refractivity contribution in [3.63, 3.8) is 0 Å². The molecule has 20 heavy (non-hydrogen) atoms. The lowest BCUT2D eigenvalue weighted by atomic mass is 10.1. The van der Waals surface area contributed by atoms with Gasteiger partial charge in [0, 0.05) is 23.1 Å². The lowest BCUT2D eigenvalue weighted by molar-refractivity contribution is -0.274. The summed E-state index contributed by atoms with van der Waals surface area (Å²) in [6, 6.07) is 4.29. The number of nitrogens with zero attached hydrogens (tertiary/aromatic N) is 1. The molecule has 1 aromatic carbocycles. The SMILES string of the molecule is O=C(Cc1ccc(Br)cc1OC(F)(F)F)N1CCCC1. The van der Waals surface area contributed by atoms with E-state index < -0.39 is 6.36 Å². The zero-order chi connectivity index (χ0) is 14.8. The van der Waals surface area contributed by atoms with Crippen molar-refractivity contribution < 1.29 is 22.7 Å². The minimum atomic E-state index is -4.77. The number of hydrogen-bond acceptors (Lipinski definition) is 2. The maximum absolute atomic E-state index is 12.4. The Morgan fingerprint density at radius 3 is 2.55 bits per heavy atom. The summed E-state index contributed by atoms with van der Waals surface area (Å²) in [4.78, 5) is 13.7. The molecule has 1 heterocycles. The summed E-state index contributed by atoms with van der Waals surface area (Å²) in [6.07, 6.45) is -2.97. The molecule has 0 spiro atoms. The molecule has 3 nitrogen and oxygen atoms in total. The van der Waals surface area contributed by atoms with Crippen molar-refractivity contribution in [1.29, 1.82) is 0 Å². The molecule has 1 aromatic rings. The standard InChI is InChI=1S/C13H13BrF3NO2/c14-10-4-3-9(11(8-10)20-13(15,16)17)7-12(19)18-5-1-2-6-18/h3-4,8H,1-2,5-7H2. The van der Waals surface area contributed by atoms with Crippen LogP contribution in [0.4, 0.5) is 13.2 Å². The molecule has 1 amide bonds. The number of hydrogen-bond donors (Lipinski definition) is 0. The van der Waals surface area contributed by atoms with Crippen molar-refractivity contribution in [3.8, 4) is 5.75 Å². The largest absolute Gasteiger partial charge is 0.573 e. The third kappa shape index (κ3) is 4.13. The molecule has 0 saturated carbocycles. The van der Waals surface area contributed by atoms with Crippen LogP contribution in [0.15, 0.2) is 22.7 Å². The molecule has 1 fully saturated rings. The lowest BCUT2D eigenvalue weighted by Crippen LogP contribution is -2.29. The highest BCUT2D eigenvalue weighted by Crippen LogP contribution is 2.30. The number of halogens is 4. The topological polar surface area (TPSA) is 29.5 Å². The monoisotopic (exact) mass is 351 g/mol. The van der Waals surface area contributed by atoms with E-state index in [1.165, 1.54) is 12.1 Å². The van der Waals surface area contributed by atoms with Crippen LogP contribution in [0, 0.1) is 0 Å². The molecular formula is C13H13BrF3NO2. The van der Waals surface area contributed by atoms with E-state index in [2.05, 4.69) is 20.7 Å². The number of alkyl halides is 3. The number of amides is 1. The van der Waals surface area contributed by atoms with Crippen molar-refractivity contribution in [2.45, 2.75) is 25.6 Å². The molecule has 1 aliphatic heterocycles. The molecule has 0 aliphatic carbocycles. The number of ether oxygens (including phenoxy) is 1. The Morgan fingerprint density at radius 1 is 1.30 bits per heavy atom. The number of likely N-dealkylation sites (tertiary alicyclic amines) is 1. The predicted octanol–water partition coefficient (Wildman–Crippen LogP) is 3.51. The first-order valence-corrected chi connectivity index (χ1v) is 6.96. The summed E-state index contributed by atoms with van der Waals surface area (Å²) in [6.45, 7) is 1.34. The number of benzene rings is 1. The average Bonchev–Trinajstić information content (AvgIpc) is 2.84. The molecule has 0 atom stereocenters. The van der Waals surface area contributed by atoms with Crippen molar-refractivity contribution in [3.05, 3.63) is 28.2 Å². The van der Waals surface area contributed by atoms with Crippen LogP contribution in [-0.2, 0) is 11.2 Å². The summed E-state index contributed by atoms with van der Waals surface area (Å²) < 4.78 is 41.5. The van der Waals surface area contributed by atoms with Gasteiger partial charge in [-0.15, -0.1) is 13.2 Å². The summed E-state index contributed by atoms with van der Waals surface area (Å²) in [5.41, 5.74) is 0.238. The van der Waals surface area contributed by atoms with Crippen LogP contribution in [0.5, 0.6) is 5.75 Å². The number of carbonyl (C=O) groups excluding carboxylic acids is 1. The molecule has 0 radical (unpaired) electrons. The highest BCUT2D eigenvalue weighted by molar-refractivity contribution is 9.10.